The molecule has 1 aliphatic rings. The standard InChI is InChI=1S/C17H17ClN2O/c18-15-5-3-4-14(12-15)13-19-8-9-20-10-11-21-17-7-2-1-6-16(17)20/h1-7,10-12,19H,8-9,13H2. The van der Waals surface area contributed by atoms with Crippen LogP contribution in [0.3, 0.4) is 0 Å². The van der Waals surface area contributed by atoms with Gasteiger partial charge >= 0.3 is 0 Å². The van der Waals surface area contributed by atoms with Crippen LogP contribution < -0.4 is 15.0 Å². The van der Waals surface area contributed by atoms with Crippen molar-refractivity contribution >= 4 is 17.3 Å². The van der Waals surface area contributed by atoms with Gasteiger partial charge in [0.1, 0.15) is 12.0 Å². The molecular formula is C17H17ClN2O. The average molecular weight is 301 g/mol. The van der Waals surface area contributed by atoms with Crippen LogP contribution in [0.1, 0.15) is 5.56 Å². The number of benzene rings is 2. The largest absolute Gasteiger partial charge is 0.461 e. The molecule has 21 heavy (non-hydrogen) atoms. The fraction of sp³-hybridized carbons (Fsp3) is 0.176. The van der Waals surface area contributed by atoms with E-state index >= 15 is 0 Å². The van der Waals surface area contributed by atoms with Gasteiger partial charge in [0.15, 0.2) is 0 Å². The van der Waals surface area contributed by atoms with Crippen molar-refractivity contribution in [1.82, 2.24) is 5.32 Å². The first kappa shape index (κ1) is 14.0. The Morgan fingerprint density at radius 3 is 2.90 bits per heavy atom. The summed E-state index contributed by atoms with van der Waals surface area (Å²) in [4.78, 5) is 2.18. The van der Waals surface area contributed by atoms with E-state index in [1.165, 1.54) is 5.56 Å². The maximum atomic E-state index is 5.98. The molecule has 2 aromatic carbocycles. The molecule has 0 unspecified atom stereocenters. The van der Waals surface area contributed by atoms with Gasteiger partial charge in [0.05, 0.1) is 5.69 Å². The van der Waals surface area contributed by atoms with Gasteiger partial charge in [-0.25, -0.2) is 0 Å². The highest BCUT2D eigenvalue weighted by molar-refractivity contribution is 6.30. The van der Waals surface area contributed by atoms with Crippen LogP contribution in [0.2, 0.25) is 5.02 Å². The minimum absolute atomic E-state index is 0.777. The lowest BCUT2D eigenvalue weighted by molar-refractivity contribution is 0.468. The van der Waals surface area contributed by atoms with Crippen molar-refractivity contribution in [2.45, 2.75) is 6.54 Å². The van der Waals surface area contributed by atoms with Crippen molar-refractivity contribution in [3.63, 3.8) is 0 Å². The van der Waals surface area contributed by atoms with Crippen LogP contribution in [-0.4, -0.2) is 13.1 Å². The molecule has 0 radical (unpaired) electrons. The maximum absolute atomic E-state index is 5.98. The zero-order valence-electron chi connectivity index (χ0n) is 11.6. The lowest BCUT2D eigenvalue weighted by Gasteiger charge is -2.25. The summed E-state index contributed by atoms with van der Waals surface area (Å²) in [5.74, 6) is 0.898. The van der Waals surface area contributed by atoms with Gasteiger partial charge in [0.2, 0.25) is 0 Å². The first-order valence-corrected chi connectivity index (χ1v) is 7.35. The van der Waals surface area contributed by atoms with Gasteiger partial charge in [0.25, 0.3) is 0 Å². The van der Waals surface area contributed by atoms with E-state index in [9.17, 15) is 0 Å². The molecule has 0 amide bonds. The van der Waals surface area contributed by atoms with Crippen molar-refractivity contribution in [1.29, 1.82) is 0 Å². The second-order valence-corrected chi connectivity index (χ2v) is 5.31. The van der Waals surface area contributed by atoms with E-state index < -0.39 is 0 Å². The fourth-order valence-electron chi connectivity index (χ4n) is 2.33. The molecule has 3 rings (SSSR count). The molecule has 0 fully saturated rings. The number of halogens is 1. The Balaban J connectivity index is 1.52. The highest BCUT2D eigenvalue weighted by atomic mass is 35.5. The minimum atomic E-state index is 0.777. The molecule has 0 saturated heterocycles. The van der Waals surface area contributed by atoms with Gasteiger partial charge in [-0.2, -0.15) is 0 Å². The Morgan fingerprint density at radius 2 is 2.00 bits per heavy atom. The number of hydrogen-bond donors (Lipinski definition) is 1. The summed E-state index contributed by atoms with van der Waals surface area (Å²) < 4.78 is 5.49. The molecule has 2 aromatic rings. The van der Waals surface area contributed by atoms with Crippen molar-refractivity contribution in [3.8, 4) is 5.75 Å². The van der Waals surface area contributed by atoms with E-state index in [4.69, 9.17) is 16.3 Å². The fourth-order valence-corrected chi connectivity index (χ4v) is 2.54. The van der Waals surface area contributed by atoms with Crippen LogP contribution in [0, 0.1) is 0 Å². The number of hydrogen-bond acceptors (Lipinski definition) is 3. The first-order valence-electron chi connectivity index (χ1n) is 6.97. The van der Waals surface area contributed by atoms with E-state index in [2.05, 4.69) is 22.3 Å². The van der Waals surface area contributed by atoms with E-state index in [0.29, 0.717) is 0 Å². The Hall–Kier alpha value is -1.97. The van der Waals surface area contributed by atoms with E-state index in [1.54, 1.807) is 6.26 Å². The highest BCUT2D eigenvalue weighted by Gasteiger charge is 2.12. The third kappa shape index (κ3) is 3.57. The summed E-state index contributed by atoms with van der Waals surface area (Å²) in [5, 5.41) is 4.21. The quantitative estimate of drug-likeness (QED) is 0.850. The zero-order chi connectivity index (χ0) is 14.5. The minimum Gasteiger partial charge on any atom is -0.461 e. The number of rotatable bonds is 5. The van der Waals surface area contributed by atoms with E-state index in [0.717, 1.165) is 36.1 Å². The number of anilines is 1. The Bertz CT molecular complexity index is 642. The number of nitrogens with zero attached hydrogens (tertiary/aromatic N) is 1. The highest BCUT2D eigenvalue weighted by Crippen LogP contribution is 2.30. The zero-order valence-corrected chi connectivity index (χ0v) is 12.4. The smallest absolute Gasteiger partial charge is 0.150 e. The second-order valence-electron chi connectivity index (χ2n) is 4.87. The molecule has 108 valence electrons. The SMILES string of the molecule is Clc1cccc(CNCCN2C=COc3ccccc32)c1. The number of fused-ring (bicyclic) bond motifs is 1. The summed E-state index contributed by atoms with van der Waals surface area (Å²) in [6.07, 6.45) is 3.68. The summed E-state index contributed by atoms with van der Waals surface area (Å²) in [6.45, 7) is 2.58. The molecule has 0 bridgehead atoms. The molecule has 3 nitrogen and oxygen atoms in total. The number of nitrogens with one attached hydrogen (secondary N) is 1. The van der Waals surface area contributed by atoms with Crippen LogP contribution in [0.4, 0.5) is 5.69 Å². The summed E-state index contributed by atoms with van der Waals surface area (Å²) in [6, 6.07) is 16.0. The monoisotopic (exact) mass is 300 g/mol. The average Bonchev–Trinajstić information content (AvgIpc) is 2.52. The molecule has 0 spiro atoms. The summed E-state index contributed by atoms with van der Waals surface area (Å²) in [5.41, 5.74) is 2.30. The first-order chi connectivity index (χ1) is 10.3. The molecule has 0 aliphatic carbocycles. The van der Waals surface area contributed by atoms with E-state index in [-0.39, 0.29) is 0 Å². The van der Waals surface area contributed by atoms with Crippen LogP contribution in [0.15, 0.2) is 61.0 Å². The van der Waals surface area contributed by atoms with Crippen LogP contribution >= 0.6 is 11.6 Å². The van der Waals surface area contributed by atoms with Crippen molar-refractivity contribution < 1.29 is 4.74 Å². The van der Waals surface area contributed by atoms with Crippen molar-refractivity contribution in [3.05, 3.63) is 71.6 Å². The third-order valence-electron chi connectivity index (χ3n) is 3.36. The molecule has 0 atom stereocenters. The Kier molecular flexibility index (Phi) is 4.43. The molecule has 1 aliphatic heterocycles. The molecular weight excluding hydrogens is 284 g/mol. The normalized spacial score (nSPS) is 12.9. The van der Waals surface area contributed by atoms with Gasteiger partial charge in [-0.15, -0.1) is 0 Å². The van der Waals surface area contributed by atoms with Crippen molar-refractivity contribution in [2.75, 3.05) is 18.0 Å². The molecule has 0 aromatic heterocycles. The molecule has 4 heteroatoms. The van der Waals surface area contributed by atoms with E-state index in [1.807, 2.05) is 42.6 Å². The number of ether oxygens (including phenoxy) is 1. The van der Waals surface area contributed by atoms with Gasteiger partial charge in [-0.1, -0.05) is 35.9 Å². The Labute approximate surface area is 129 Å². The van der Waals surface area contributed by atoms with Crippen LogP contribution in [-0.2, 0) is 6.54 Å². The molecule has 0 saturated carbocycles. The predicted octanol–water partition coefficient (Wildman–Crippen LogP) is 3.80. The molecule has 1 N–H and O–H groups in total. The maximum Gasteiger partial charge on any atom is 0.150 e. The molecule has 1 heterocycles. The number of para-hydroxylation sites is 2. The lowest BCUT2D eigenvalue weighted by atomic mass is 10.2. The summed E-state index contributed by atoms with van der Waals surface area (Å²) in [7, 11) is 0. The van der Waals surface area contributed by atoms with Gasteiger partial charge in [-0.05, 0) is 29.8 Å². The Morgan fingerprint density at radius 1 is 1.10 bits per heavy atom. The summed E-state index contributed by atoms with van der Waals surface area (Å²) >= 11 is 5.98. The lowest BCUT2D eigenvalue weighted by Crippen LogP contribution is -2.29. The third-order valence-corrected chi connectivity index (χ3v) is 3.59. The van der Waals surface area contributed by atoms with Crippen LogP contribution in [0.5, 0.6) is 5.75 Å². The van der Waals surface area contributed by atoms with Gasteiger partial charge < -0.3 is 15.0 Å². The van der Waals surface area contributed by atoms with Gasteiger partial charge in [0, 0.05) is 30.9 Å². The predicted molar refractivity (Wildman–Crippen MR) is 86.7 cm³/mol. The topological polar surface area (TPSA) is 24.5 Å². The van der Waals surface area contributed by atoms with Gasteiger partial charge in [-0.3, -0.25) is 0 Å². The van der Waals surface area contributed by atoms with Crippen LogP contribution in [0.25, 0.3) is 0 Å². The second kappa shape index (κ2) is 6.66. The van der Waals surface area contributed by atoms with Crippen molar-refractivity contribution in [2.24, 2.45) is 0 Å².